The van der Waals surface area contributed by atoms with Gasteiger partial charge in [0, 0.05) is 17.4 Å². The van der Waals surface area contributed by atoms with Gasteiger partial charge in [-0.05, 0) is 36.1 Å². The molecule has 1 fully saturated rings. The predicted molar refractivity (Wildman–Crippen MR) is 103 cm³/mol. The molecule has 26 heavy (non-hydrogen) atoms. The van der Waals surface area contributed by atoms with Gasteiger partial charge in [0.15, 0.2) is 0 Å². The molecular formula is C21H22O4S. The highest BCUT2D eigenvalue weighted by atomic mass is 32.2. The third kappa shape index (κ3) is 5.11. The molecule has 0 aromatic heterocycles. The lowest BCUT2D eigenvalue weighted by atomic mass is 10.0. The fraction of sp³-hybridized carbons (Fsp3) is 0.333. The summed E-state index contributed by atoms with van der Waals surface area (Å²) in [5.41, 5.74) is 2.75. The van der Waals surface area contributed by atoms with E-state index in [1.807, 2.05) is 42.5 Å². The van der Waals surface area contributed by atoms with Crippen molar-refractivity contribution in [3.05, 3.63) is 60.2 Å². The Bertz CT molecular complexity index is 742. The maximum atomic E-state index is 12.2. The van der Waals surface area contributed by atoms with E-state index in [-0.39, 0.29) is 17.2 Å². The van der Waals surface area contributed by atoms with Crippen molar-refractivity contribution in [2.24, 2.45) is 0 Å². The van der Waals surface area contributed by atoms with Crippen molar-refractivity contribution in [3.63, 3.8) is 0 Å². The number of hydrogen-bond donors (Lipinski definition) is 0. The third-order valence-electron chi connectivity index (χ3n) is 4.30. The Labute approximate surface area is 157 Å². The third-order valence-corrected chi connectivity index (χ3v) is 5.81. The number of carbonyl (C=O) groups excluding carboxylic acids is 2. The molecule has 0 spiro atoms. The van der Waals surface area contributed by atoms with Crippen molar-refractivity contribution in [1.29, 1.82) is 0 Å². The summed E-state index contributed by atoms with van der Waals surface area (Å²) in [6.45, 7) is 2.24. The van der Waals surface area contributed by atoms with E-state index in [2.05, 4.69) is 0 Å². The van der Waals surface area contributed by atoms with Crippen LogP contribution < -0.4 is 0 Å². The SMILES string of the molecule is CC(=O)OCC1CC[C@@H](COC(=O)c2ccc(-c3ccccc3)cc2)S1. The average molecular weight is 370 g/mol. The zero-order valence-corrected chi connectivity index (χ0v) is 15.5. The van der Waals surface area contributed by atoms with Crippen LogP contribution in [0.3, 0.4) is 0 Å². The molecular weight excluding hydrogens is 348 g/mol. The van der Waals surface area contributed by atoms with Crippen LogP contribution in [0.4, 0.5) is 0 Å². The average Bonchev–Trinajstić information content (AvgIpc) is 3.13. The second-order valence-corrected chi connectivity index (χ2v) is 7.91. The van der Waals surface area contributed by atoms with Crippen LogP contribution in [-0.2, 0) is 14.3 Å². The van der Waals surface area contributed by atoms with Crippen LogP contribution in [0.2, 0.25) is 0 Å². The zero-order chi connectivity index (χ0) is 18.4. The Morgan fingerprint density at radius 3 is 2.08 bits per heavy atom. The molecule has 1 aliphatic heterocycles. The van der Waals surface area contributed by atoms with Gasteiger partial charge >= 0.3 is 11.9 Å². The van der Waals surface area contributed by atoms with E-state index >= 15 is 0 Å². The lowest BCUT2D eigenvalue weighted by Crippen LogP contribution is -2.15. The molecule has 0 aliphatic carbocycles. The van der Waals surface area contributed by atoms with Gasteiger partial charge in [-0.1, -0.05) is 42.5 Å². The van der Waals surface area contributed by atoms with E-state index in [1.54, 1.807) is 23.9 Å². The molecule has 1 aliphatic rings. The molecule has 0 amide bonds. The van der Waals surface area contributed by atoms with Crippen LogP contribution in [-0.4, -0.2) is 35.7 Å². The number of esters is 2. The van der Waals surface area contributed by atoms with E-state index in [9.17, 15) is 9.59 Å². The lowest BCUT2D eigenvalue weighted by Gasteiger charge is -2.12. The van der Waals surface area contributed by atoms with Crippen LogP contribution in [0.5, 0.6) is 0 Å². The minimum Gasteiger partial charge on any atom is -0.465 e. The molecule has 0 bridgehead atoms. The predicted octanol–water partition coefficient (Wildman–Crippen LogP) is 4.34. The van der Waals surface area contributed by atoms with E-state index in [0.717, 1.165) is 24.0 Å². The first-order valence-corrected chi connectivity index (χ1v) is 9.67. The summed E-state index contributed by atoms with van der Waals surface area (Å²) < 4.78 is 10.5. The Morgan fingerprint density at radius 2 is 1.46 bits per heavy atom. The van der Waals surface area contributed by atoms with Gasteiger partial charge in [0.05, 0.1) is 5.56 Å². The highest BCUT2D eigenvalue weighted by Crippen LogP contribution is 2.34. The fourth-order valence-electron chi connectivity index (χ4n) is 2.92. The zero-order valence-electron chi connectivity index (χ0n) is 14.7. The highest BCUT2D eigenvalue weighted by Gasteiger charge is 2.27. The van der Waals surface area contributed by atoms with Gasteiger partial charge in [0.2, 0.25) is 0 Å². The minimum atomic E-state index is -0.298. The van der Waals surface area contributed by atoms with Crippen LogP contribution in [0, 0.1) is 0 Å². The fourth-order valence-corrected chi connectivity index (χ4v) is 4.30. The van der Waals surface area contributed by atoms with Crippen molar-refractivity contribution < 1.29 is 19.1 Å². The minimum absolute atomic E-state index is 0.251. The number of carbonyl (C=O) groups is 2. The summed E-state index contributed by atoms with van der Waals surface area (Å²) in [4.78, 5) is 23.1. The van der Waals surface area contributed by atoms with Crippen LogP contribution in [0.15, 0.2) is 54.6 Å². The lowest BCUT2D eigenvalue weighted by molar-refractivity contribution is -0.140. The summed E-state index contributed by atoms with van der Waals surface area (Å²) in [6, 6.07) is 17.5. The second-order valence-electron chi connectivity index (χ2n) is 6.30. The van der Waals surface area contributed by atoms with Gasteiger partial charge in [-0.15, -0.1) is 11.8 Å². The second kappa shape index (κ2) is 8.90. The molecule has 4 nitrogen and oxygen atoms in total. The molecule has 0 radical (unpaired) electrons. The maximum absolute atomic E-state index is 12.2. The van der Waals surface area contributed by atoms with E-state index in [1.165, 1.54) is 6.92 Å². The molecule has 1 heterocycles. The van der Waals surface area contributed by atoms with Crippen molar-refractivity contribution in [2.45, 2.75) is 30.3 Å². The monoisotopic (exact) mass is 370 g/mol. The van der Waals surface area contributed by atoms with Gasteiger partial charge in [-0.3, -0.25) is 4.79 Å². The molecule has 0 saturated carbocycles. The molecule has 2 aromatic carbocycles. The van der Waals surface area contributed by atoms with E-state index in [4.69, 9.17) is 9.47 Å². The maximum Gasteiger partial charge on any atom is 0.338 e. The summed E-state index contributed by atoms with van der Waals surface area (Å²) in [5, 5.41) is 0.566. The summed E-state index contributed by atoms with van der Waals surface area (Å²) in [5.74, 6) is -0.548. The smallest absolute Gasteiger partial charge is 0.338 e. The van der Waals surface area contributed by atoms with Crippen LogP contribution >= 0.6 is 11.8 Å². The molecule has 3 rings (SSSR count). The summed E-state index contributed by atoms with van der Waals surface area (Å²) >= 11 is 1.74. The van der Waals surface area contributed by atoms with Crippen molar-refractivity contribution in [2.75, 3.05) is 13.2 Å². The van der Waals surface area contributed by atoms with Crippen LogP contribution in [0.25, 0.3) is 11.1 Å². The van der Waals surface area contributed by atoms with E-state index < -0.39 is 0 Å². The molecule has 1 saturated heterocycles. The Hall–Kier alpha value is -2.27. The molecule has 0 N–H and O–H groups in total. The first-order valence-electron chi connectivity index (χ1n) is 8.73. The molecule has 2 aromatic rings. The van der Waals surface area contributed by atoms with Crippen LogP contribution in [0.1, 0.15) is 30.1 Å². The van der Waals surface area contributed by atoms with Gasteiger partial charge in [0.1, 0.15) is 13.2 Å². The van der Waals surface area contributed by atoms with Gasteiger partial charge < -0.3 is 9.47 Å². The number of hydrogen-bond acceptors (Lipinski definition) is 5. The number of rotatable bonds is 6. The van der Waals surface area contributed by atoms with Gasteiger partial charge in [-0.2, -0.15) is 0 Å². The molecule has 5 heteroatoms. The number of ether oxygens (including phenoxy) is 2. The first-order chi connectivity index (χ1) is 12.6. The van der Waals surface area contributed by atoms with Gasteiger partial charge in [0.25, 0.3) is 0 Å². The van der Waals surface area contributed by atoms with Gasteiger partial charge in [-0.25, -0.2) is 4.79 Å². The number of benzene rings is 2. The standard InChI is InChI=1S/C21H22O4S/c1-15(22)24-13-19-11-12-20(26-19)14-25-21(23)18-9-7-17(8-10-18)16-5-3-2-4-6-16/h2-10,19-20H,11-14H2,1H3/t19?,20-/m0/s1. The topological polar surface area (TPSA) is 52.6 Å². The molecule has 136 valence electrons. The first kappa shape index (κ1) is 18.5. The molecule has 1 unspecified atom stereocenters. The Kier molecular flexibility index (Phi) is 6.34. The highest BCUT2D eigenvalue weighted by molar-refractivity contribution is 8.00. The van der Waals surface area contributed by atoms with Crippen molar-refractivity contribution in [3.8, 4) is 11.1 Å². The molecule has 2 atom stereocenters. The summed E-state index contributed by atoms with van der Waals surface area (Å²) in [7, 11) is 0. The number of thioether (sulfide) groups is 1. The Balaban J connectivity index is 1.47. The van der Waals surface area contributed by atoms with Crippen molar-refractivity contribution >= 4 is 23.7 Å². The Morgan fingerprint density at radius 1 is 0.885 bits per heavy atom. The largest absolute Gasteiger partial charge is 0.465 e. The van der Waals surface area contributed by atoms with Crippen molar-refractivity contribution in [1.82, 2.24) is 0 Å². The normalized spacial score (nSPS) is 19.1. The summed E-state index contributed by atoms with van der Waals surface area (Å²) in [6.07, 6.45) is 1.95. The quantitative estimate of drug-likeness (QED) is 0.708. The van der Waals surface area contributed by atoms with E-state index in [0.29, 0.717) is 24.0 Å².